The summed E-state index contributed by atoms with van der Waals surface area (Å²) >= 11 is 0. The summed E-state index contributed by atoms with van der Waals surface area (Å²) in [7, 11) is 0. The third kappa shape index (κ3) is 2.19. The highest BCUT2D eigenvalue weighted by atomic mass is 19.1. The molecule has 0 amide bonds. The Morgan fingerprint density at radius 1 is 1.05 bits per heavy atom. The van der Waals surface area contributed by atoms with Gasteiger partial charge in [-0.05, 0) is 37.1 Å². The molecular weight excluding hydrogens is 285 g/mol. The van der Waals surface area contributed by atoms with E-state index in [1.165, 1.54) is 6.07 Å². The number of aromatic nitrogens is 4. The molecule has 0 bridgehead atoms. The summed E-state index contributed by atoms with van der Waals surface area (Å²) in [5.74, 6) is 0.703. The van der Waals surface area contributed by atoms with Crippen LogP contribution in [0.15, 0.2) is 36.4 Å². The molecule has 0 radical (unpaired) electrons. The van der Waals surface area contributed by atoms with E-state index >= 15 is 0 Å². The molecule has 0 spiro atoms. The van der Waals surface area contributed by atoms with Crippen molar-refractivity contribution in [1.82, 2.24) is 19.8 Å². The number of fused-ring (bicyclic) bond motifs is 1. The molecule has 0 N–H and O–H groups in total. The van der Waals surface area contributed by atoms with Crippen molar-refractivity contribution in [3.05, 3.63) is 42.2 Å². The predicted octanol–water partition coefficient (Wildman–Crippen LogP) is 2.46. The van der Waals surface area contributed by atoms with Gasteiger partial charge in [-0.1, -0.05) is 12.1 Å². The first kappa shape index (κ1) is 13.1. The van der Waals surface area contributed by atoms with E-state index < -0.39 is 0 Å². The minimum absolute atomic E-state index is 0.349. The molecule has 3 heterocycles. The van der Waals surface area contributed by atoms with Crippen LogP contribution in [0.2, 0.25) is 0 Å². The zero-order valence-electron chi connectivity index (χ0n) is 11.8. The first-order valence-corrected chi connectivity index (χ1v) is 7.21. The number of hydrogen-bond acceptors (Lipinski definition) is 5. The van der Waals surface area contributed by atoms with Gasteiger partial charge in [-0.2, -0.15) is 4.52 Å². The molecule has 6 nitrogen and oxygen atoms in total. The zero-order valence-corrected chi connectivity index (χ0v) is 11.8. The Kier molecular flexibility index (Phi) is 3.19. The van der Waals surface area contributed by atoms with E-state index in [2.05, 4.69) is 15.3 Å². The van der Waals surface area contributed by atoms with Gasteiger partial charge in [-0.25, -0.2) is 9.45 Å². The Morgan fingerprint density at radius 3 is 2.77 bits per heavy atom. The molecule has 4 rings (SSSR count). The molecule has 0 saturated carbocycles. The second-order valence-electron chi connectivity index (χ2n) is 5.11. The highest BCUT2D eigenvalue weighted by Gasteiger charge is 2.17. The molecule has 1 saturated heterocycles. The molecule has 22 heavy (non-hydrogen) atoms. The number of benzene rings is 1. The molecule has 7 heteroatoms. The van der Waals surface area contributed by atoms with E-state index in [1.807, 2.05) is 6.07 Å². The Hall–Kier alpha value is -2.54. The van der Waals surface area contributed by atoms with Crippen molar-refractivity contribution >= 4 is 11.5 Å². The largest absolute Gasteiger partial charge is 0.272 e. The molecule has 1 aliphatic rings. The summed E-state index contributed by atoms with van der Waals surface area (Å²) in [4.78, 5) is 5.60. The molecule has 0 unspecified atom stereocenters. The van der Waals surface area contributed by atoms with Crippen molar-refractivity contribution in [2.45, 2.75) is 12.8 Å². The number of halogens is 1. The molecule has 0 atom stereocenters. The fraction of sp³-hybridized carbons (Fsp3) is 0.267. The average molecular weight is 299 g/mol. The van der Waals surface area contributed by atoms with Gasteiger partial charge in [0, 0.05) is 6.54 Å². The number of anilines is 1. The third-order valence-corrected chi connectivity index (χ3v) is 3.62. The Bertz CT molecular complexity index is 813. The number of nitrogens with zero attached hydrogens (tertiary/aromatic N) is 5. The summed E-state index contributed by atoms with van der Waals surface area (Å²) in [6.45, 7) is 1.47. The van der Waals surface area contributed by atoms with Gasteiger partial charge in [-0.3, -0.25) is 4.84 Å². The summed E-state index contributed by atoms with van der Waals surface area (Å²) in [5.41, 5.74) is 0.943. The molecule has 3 aromatic rings. The van der Waals surface area contributed by atoms with Gasteiger partial charge in [-0.15, -0.1) is 15.3 Å². The van der Waals surface area contributed by atoms with E-state index in [-0.39, 0.29) is 5.82 Å². The van der Waals surface area contributed by atoms with Gasteiger partial charge in [0.2, 0.25) is 0 Å². The third-order valence-electron chi connectivity index (χ3n) is 3.62. The molecule has 1 aliphatic heterocycles. The van der Waals surface area contributed by atoms with E-state index in [4.69, 9.17) is 4.84 Å². The maximum Gasteiger partial charge on any atom is 0.188 e. The lowest BCUT2D eigenvalue weighted by Gasteiger charge is -2.26. The van der Waals surface area contributed by atoms with E-state index in [0.717, 1.165) is 19.4 Å². The van der Waals surface area contributed by atoms with Crippen LogP contribution in [0.3, 0.4) is 0 Å². The quantitative estimate of drug-likeness (QED) is 0.727. The average Bonchev–Trinajstić information content (AvgIpc) is 2.99. The van der Waals surface area contributed by atoms with Gasteiger partial charge in [0.25, 0.3) is 0 Å². The number of rotatable bonds is 2. The van der Waals surface area contributed by atoms with Gasteiger partial charge in [0.15, 0.2) is 17.3 Å². The fourth-order valence-corrected chi connectivity index (χ4v) is 2.50. The maximum absolute atomic E-state index is 14.0. The number of hydrogen-bond donors (Lipinski definition) is 0. The van der Waals surface area contributed by atoms with Crippen molar-refractivity contribution in [3.8, 4) is 11.4 Å². The standard InChI is InChI=1S/C15H14FN5O/c16-12-6-2-1-5-11(12)15-18-17-13-7-8-14(19-21(13)15)20-9-3-4-10-22-20/h1-2,5-8H,3-4,9-10H2. The monoisotopic (exact) mass is 299 g/mol. The van der Waals surface area contributed by atoms with Crippen LogP contribution in [0.25, 0.3) is 17.0 Å². The van der Waals surface area contributed by atoms with Crippen molar-refractivity contribution < 1.29 is 9.23 Å². The van der Waals surface area contributed by atoms with E-state index in [1.54, 1.807) is 33.8 Å². The van der Waals surface area contributed by atoms with Crippen LogP contribution >= 0.6 is 0 Å². The van der Waals surface area contributed by atoms with Gasteiger partial charge in [0.1, 0.15) is 5.82 Å². The van der Waals surface area contributed by atoms with Gasteiger partial charge >= 0.3 is 0 Å². The van der Waals surface area contributed by atoms with E-state index in [9.17, 15) is 4.39 Å². The number of hydroxylamine groups is 1. The Balaban J connectivity index is 1.81. The lowest BCUT2D eigenvalue weighted by atomic mass is 10.2. The lowest BCUT2D eigenvalue weighted by Crippen LogP contribution is -2.30. The molecule has 2 aromatic heterocycles. The van der Waals surface area contributed by atoms with Crippen LogP contribution in [-0.4, -0.2) is 33.0 Å². The molecule has 1 fully saturated rings. The van der Waals surface area contributed by atoms with Crippen LogP contribution in [0.5, 0.6) is 0 Å². The summed E-state index contributed by atoms with van der Waals surface area (Å²) < 4.78 is 15.5. The topological polar surface area (TPSA) is 55.5 Å². The highest BCUT2D eigenvalue weighted by Crippen LogP contribution is 2.23. The van der Waals surface area contributed by atoms with Crippen LogP contribution in [0.4, 0.5) is 10.2 Å². The summed E-state index contributed by atoms with van der Waals surface area (Å²) in [6.07, 6.45) is 2.11. The van der Waals surface area contributed by atoms with Crippen molar-refractivity contribution in [2.75, 3.05) is 18.2 Å². The first-order chi connectivity index (χ1) is 10.8. The first-order valence-electron chi connectivity index (χ1n) is 7.21. The predicted molar refractivity (Wildman–Crippen MR) is 78.7 cm³/mol. The fourth-order valence-electron chi connectivity index (χ4n) is 2.50. The normalized spacial score (nSPS) is 15.4. The second-order valence-corrected chi connectivity index (χ2v) is 5.11. The zero-order chi connectivity index (χ0) is 14.9. The van der Waals surface area contributed by atoms with Crippen LogP contribution in [-0.2, 0) is 4.84 Å². The van der Waals surface area contributed by atoms with Crippen molar-refractivity contribution in [2.24, 2.45) is 0 Å². The molecule has 112 valence electrons. The maximum atomic E-state index is 14.0. The van der Waals surface area contributed by atoms with Crippen LogP contribution in [0.1, 0.15) is 12.8 Å². The lowest BCUT2D eigenvalue weighted by molar-refractivity contribution is 0.0757. The Morgan fingerprint density at radius 2 is 1.95 bits per heavy atom. The van der Waals surface area contributed by atoms with Gasteiger partial charge in [0.05, 0.1) is 12.2 Å². The highest BCUT2D eigenvalue weighted by molar-refractivity contribution is 5.60. The van der Waals surface area contributed by atoms with Crippen LogP contribution in [0, 0.1) is 5.82 Å². The van der Waals surface area contributed by atoms with Crippen molar-refractivity contribution in [3.63, 3.8) is 0 Å². The SMILES string of the molecule is Fc1ccccc1-c1nnc2ccc(N3CCCCO3)nn12. The van der Waals surface area contributed by atoms with E-state index in [0.29, 0.717) is 29.5 Å². The molecule has 1 aromatic carbocycles. The van der Waals surface area contributed by atoms with Gasteiger partial charge < -0.3 is 0 Å². The minimum Gasteiger partial charge on any atom is -0.272 e. The Labute approximate surface area is 126 Å². The summed E-state index contributed by atoms with van der Waals surface area (Å²) in [5, 5.41) is 14.4. The molecule has 0 aliphatic carbocycles. The summed E-state index contributed by atoms with van der Waals surface area (Å²) in [6, 6.07) is 10.1. The smallest absolute Gasteiger partial charge is 0.188 e. The van der Waals surface area contributed by atoms with Crippen LogP contribution < -0.4 is 5.06 Å². The second kappa shape index (κ2) is 5.34. The van der Waals surface area contributed by atoms with Crippen molar-refractivity contribution in [1.29, 1.82) is 0 Å². The minimum atomic E-state index is -0.349. The molecular formula is C15H14FN5O.